The van der Waals surface area contributed by atoms with Crippen LogP contribution in [0.4, 0.5) is 17.5 Å². The Morgan fingerprint density at radius 2 is 2.00 bits per heavy atom. The second-order valence-electron chi connectivity index (χ2n) is 6.11. The van der Waals surface area contributed by atoms with Crippen LogP contribution in [0.1, 0.15) is 36.0 Å². The van der Waals surface area contributed by atoms with Crippen LogP contribution < -0.4 is 16.4 Å². The highest BCUT2D eigenvalue weighted by atomic mass is 15.1. The maximum absolute atomic E-state index is 5.53. The second-order valence-corrected chi connectivity index (χ2v) is 6.11. The molecule has 0 radical (unpaired) electrons. The first kappa shape index (κ1) is 15.7. The van der Waals surface area contributed by atoms with E-state index >= 15 is 0 Å². The lowest BCUT2D eigenvalue weighted by atomic mass is 9.91. The van der Waals surface area contributed by atoms with Crippen molar-refractivity contribution in [1.82, 2.24) is 9.97 Å². The molecule has 1 aromatic carbocycles. The minimum absolute atomic E-state index is 0.626. The lowest BCUT2D eigenvalue weighted by Crippen LogP contribution is -2.11. The summed E-state index contributed by atoms with van der Waals surface area (Å²) in [5, 5.41) is 6.64. The summed E-state index contributed by atoms with van der Waals surface area (Å²) in [5.74, 6) is 1.50. The monoisotopic (exact) mass is 311 g/mol. The average Bonchev–Trinajstić information content (AvgIpc) is 2.58. The Hall–Kier alpha value is -2.14. The normalized spacial score (nSPS) is 13.5. The van der Waals surface area contributed by atoms with Gasteiger partial charge in [-0.05, 0) is 68.8 Å². The number of hydrogen-bond acceptors (Lipinski definition) is 5. The van der Waals surface area contributed by atoms with Gasteiger partial charge in [-0.2, -0.15) is 4.98 Å². The number of hydrogen-bond donors (Lipinski definition) is 3. The Morgan fingerprint density at radius 1 is 1.17 bits per heavy atom. The summed E-state index contributed by atoms with van der Waals surface area (Å²) in [5.41, 5.74) is 10.6. The van der Waals surface area contributed by atoms with E-state index in [1.165, 1.54) is 36.8 Å². The molecule has 0 saturated carbocycles. The van der Waals surface area contributed by atoms with Gasteiger partial charge in [0.05, 0.1) is 0 Å². The van der Waals surface area contributed by atoms with E-state index < -0.39 is 0 Å². The van der Waals surface area contributed by atoms with E-state index in [4.69, 9.17) is 5.73 Å². The summed E-state index contributed by atoms with van der Waals surface area (Å²) in [6.07, 6.45) is 7.73. The van der Waals surface area contributed by atoms with Crippen molar-refractivity contribution < 1.29 is 0 Å². The Kier molecular flexibility index (Phi) is 5.08. The number of nitrogens with two attached hydrogens (primary N) is 1. The predicted octanol–water partition coefficient (Wildman–Crippen LogP) is 3.17. The highest BCUT2D eigenvalue weighted by Crippen LogP contribution is 2.25. The molecule has 0 fully saturated rings. The van der Waals surface area contributed by atoms with Crippen LogP contribution in [0.5, 0.6) is 0 Å². The lowest BCUT2D eigenvalue weighted by molar-refractivity contribution is 0.686. The minimum atomic E-state index is 0.626. The van der Waals surface area contributed by atoms with Gasteiger partial charge in [-0.1, -0.05) is 6.07 Å². The SMILES string of the molecule is Cc1cnc(Nc2ccc3c(c2)CCCC3)nc1NCCCN. The molecule has 1 aromatic heterocycles. The number of aryl methyl sites for hydroxylation is 3. The maximum atomic E-state index is 5.53. The van der Waals surface area contributed by atoms with Crippen molar-refractivity contribution in [2.45, 2.75) is 39.0 Å². The highest BCUT2D eigenvalue weighted by Gasteiger charge is 2.10. The maximum Gasteiger partial charge on any atom is 0.229 e. The summed E-state index contributed by atoms with van der Waals surface area (Å²) in [6.45, 7) is 3.51. The van der Waals surface area contributed by atoms with E-state index in [-0.39, 0.29) is 0 Å². The van der Waals surface area contributed by atoms with E-state index in [9.17, 15) is 0 Å². The standard InChI is InChI=1S/C18H25N5/c1-13-12-21-18(23-17(13)20-10-4-9-19)22-16-8-7-14-5-2-3-6-15(14)11-16/h7-8,11-12H,2-6,9-10,19H2,1H3,(H2,20,21,22,23). The third-order valence-corrected chi connectivity index (χ3v) is 4.25. The molecule has 4 N–H and O–H groups in total. The molecule has 0 atom stereocenters. The van der Waals surface area contributed by atoms with Crippen molar-refractivity contribution in [3.8, 4) is 0 Å². The second kappa shape index (κ2) is 7.42. The quantitative estimate of drug-likeness (QED) is 0.714. The van der Waals surface area contributed by atoms with E-state index in [1.54, 1.807) is 0 Å². The molecule has 0 aliphatic heterocycles. The third-order valence-electron chi connectivity index (χ3n) is 4.25. The zero-order chi connectivity index (χ0) is 16.1. The van der Waals surface area contributed by atoms with Crippen molar-refractivity contribution in [3.63, 3.8) is 0 Å². The van der Waals surface area contributed by atoms with Gasteiger partial charge in [-0.25, -0.2) is 4.98 Å². The number of anilines is 3. The van der Waals surface area contributed by atoms with Gasteiger partial charge in [0, 0.05) is 24.0 Å². The van der Waals surface area contributed by atoms with Gasteiger partial charge >= 0.3 is 0 Å². The van der Waals surface area contributed by atoms with Crippen LogP contribution in [-0.2, 0) is 12.8 Å². The van der Waals surface area contributed by atoms with Crippen LogP contribution in [0.25, 0.3) is 0 Å². The first-order chi connectivity index (χ1) is 11.3. The first-order valence-corrected chi connectivity index (χ1v) is 8.42. The van der Waals surface area contributed by atoms with E-state index in [1.807, 2.05) is 13.1 Å². The largest absolute Gasteiger partial charge is 0.370 e. The van der Waals surface area contributed by atoms with Crippen LogP contribution >= 0.6 is 0 Å². The predicted molar refractivity (Wildman–Crippen MR) is 95.3 cm³/mol. The summed E-state index contributed by atoms with van der Waals surface area (Å²) in [4.78, 5) is 8.96. The smallest absolute Gasteiger partial charge is 0.229 e. The summed E-state index contributed by atoms with van der Waals surface area (Å²) in [6, 6.07) is 6.58. The van der Waals surface area contributed by atoms with Crippen molar-refractivity contribution in [1.29, 1.82) is 0 Å². The molecule has 0 bridgehead atoms. The Morgan fingerprint density at radius 3 is 2.83 bits per heavy atom. The van der Waals surface area contributed by atoms with E-state index in [0.717, 1.165) is 30.0 Å². The zero-order valence-electron chi connectivity index (χ0n) is 13.7. The summed E-state index contributed by atoms with van der Waals surface area (Å²) in [7, 11) is 0. The Bertz CT molecular complexity index is 668. The number of aromatic nitrogens is 2. The summed E-state index contributed by atoms with van der Waals surface area (Å²) >= 11 is 0. The highest BCUT2D eigenvalue weighted by molar-refractivity contribution is 5.58. The molecule has 2 aromatic rings. The molecule has 1 heterocycles. The van der Waals surface area contributed by atoms with Crippen LogP contribution in [0.2, 0.25) is 0 Å². The Labute approximate surface area is 137 Å². The molecule has 0 unspecified atom stereocenters. The first-order valence-electron chi connectivity index (χ1n) is 8.42. The molecule has 3 rings (SSSR count). The molecule has 0 saturated heterocycles. The van der Waals surface area contributed by atoms with Crippen molar-refractivity contribution >= 4 is 17.5 Å². The van der Waals surface area contributed by atoms with Crippen LogP contribution in [0, 0.1) is 6.92 Å². The third kappa shape index (κ3) is 3.99. The minimum Gasteiger partial charge on any atom is -0.370 e. The molecule has 5 nitrogen and oxygen atoms in total. The molecule has 23 heavy (non-hydrogen) atoms. The van der Waals surface area contributed by atoms with Gasteiger partial charge in [0.1, 0.15) is 5.82 Å². The van der Waals surface area contributed by atoms with E-state index in [0.29, 0.717) is 12.5 Å². The van der Waals surface area contributed by atoms with Gasteiger partial charge in [0.15, 0.2) is 0 Å². The van der Waals surface area contributed by atoms with Gasteiger partial charge in [0.2, 0.25) is 5.95 Å². The van der Waals surface area contributed by atoms with Gasteiger partial charge in [0.25, 0.3) is 0 Å². The topological polar surface area (TPSA) is 75.9 Å². The molecule has 1 aliphatic carbocycles. The lowest BCUT2D eigenvalue weighted by Gasteiger charge is -2.17. The van der Waals surface area contributed by atoms with Crippen LogP contribution in [0.15, 0.2) is 24.4 Å². The van der Waals surface area contributed by atoms with Gasteiger partial charge in [-0.3, -0.25) is 0 Å². The molecular weight excluding hydrogens is 286 g/mol. The van der Waals surface area contributed by atoms with Crippen molar-refractivity contribution in [2.24, 2.45) is 5.73 Å². The van der Waals surface area contributed by atoms with E-state index in [2.05, 4.69) is 38.8 Å². The number of nitrogens with one attached hydrogen (secondary N) is 2. The zero-order valence-corrected chi connectivity index (χ0v) is 13.7. The van der Waals surface area contributed by atoms with Crippen molar-refractivity contribution in [2.75, 3.05) is 23.7 Å². The van der Waals surface area contributed by atoms with Crippen LogP contribution in [-0.4, -0.2) is 23.1 Å². The molecule has 122 valence electrons. The van der Waals surface area contributed by atoms with Crippen LogP contribution in [0.3, 0.4) is 0 Å². The Balaban J connectivity index is 1.73. The van der Waals surface area contributed by atoms with Gasteiger partial charge in [-0.15, -0.1) is 0 Å². The summed E-state index contributed by atoms with van der Waals surface area (Å²) < 4.78 is 0. The number of rotatable bonds is 6. The number of nitrogens with zero attached hydrogens (tertiary/aromatic N) is 2. The fourth-order valence-corrected chi connectivity index (χ4v) is 2.93. The molecular formula is C18H25N5. The molecule has 5 heteroatoms. The number of benzene rings is 1. The van der Waals surface area contributed by atoms with Crippen molar-refractivity contribution in [3.05, 3.63) is 41.1 Å². The molecule has 0 amide bonds. The fourth-order valence-electron chi connectivity index (χ4n) is 2.93. The molecule has 0 spiro atoms. The van der Waals surface area contributed by atoms with Gasteiger partial charge < -0.3 is 16.4 Å². The fraction of sp³-hybridized carbons (Fsp3) is 0.444. The number of fused-ring (bicyclic) bond motifs is 1. The molecule has 1 aliphatic rings. The average molecular weight is 311 g/mol.